The van der Waals surface area contributed by atoms with E-state index >= 15 is 0 Å². The van der Waals surface area contributed by atoms with E-state index in [9.17, 15) is 22.8 Å². The van der Waals surface area contributed by atoms with Gasteiger partial charge in [-0.1, -0.05) is 38.8 Å². The minimum Gasteiger partial charge on any atom is -0.466 e. The van der Waals surface area contributed by atoms with Gasteiger partial charge in [0, 0.05) is 39.9 Å². The van der Waals surface area contributed by atoms with Crippen molar-refractivity contribution < 1.29 is 27.5 Å². The van der Waals surface area contributed by atoms with Crippen molar-refractivity contribution in [3.8, 4) is 0 Å². The molecule has 0 bridgehead atoms. The lowest BCUT2D eigenvalue weighted by Gasteiger charge is -2.26. The molecule has 2 aromatic carbocycles. The van der Waals surface area contributed by atoms with Crippen molar-refractivity contribution in [3.05, 3.63) is 58.4 Å². The summed E-state index contributed by atoms with van der Waals surface area (Å²) < 4.78 is 45.2. The topological polar surface area (TPSA) is 55.4 Å². The fraction of sp³-hybridized carbons (Fsp3) is 0.462. The molecule has 0 aliphatic rings. The van der Waals surface area contributed by atoms with Crippen LogP contribution in [0, 0.1) is 29.3 Å². The van der Waals surface area contributed by atoms with Gasteiger partial charge in [-0.15, -0.1) is 11.8 Å². The fourth-order valence-electron chi connectivity index (χ4n) is 3.88. The number of thioether (sulfide) groups is 1. The van der Waals surface area contributed by atoms with Crippen LogP contribution in [-0.2, 0) is 9.53 Å². The molecule has 0 aliphatic heterocycles. The first-order chi connectivity index (χ1) is 16.5. The van der Waals surface area contributed by atoms with Crippen molar-refractivity contribution in [2.75, 3.05) is 11.9 Å². The highest BCUT2D eigenvalue weighted by Gasteiger charge is 2.23. The van der Waals surface area contributed by atoms with E-state index in [-0.39, 0.29) is 28.4 Å². The van der Waals surface area contributed by atoms with Crippen LogP contribution in [0.25, 0.3) is 0 Å². The summed E-state index contributed by atoms with van der Waals surface area (Å²) >= 11 is 7.94. The van der Waals surface area contributed by atoms with E-state index in [1.54, 1.807) is 19.1 Å². The number of rotatable bonds is 12. The van der Waals surface area contributed by atoms with E-state index in [1.807, 2.05) is 6.92 Å². The van der Waals surface area contributed by atoms with E-state index in [2.05, 4.69) is 19.2 Å². The lowest BCUT2D eigenvalue weighted by molar-refractivity contribution is -0.144. The zero-order valence-electron chi connectivity index (χ0n) is 20.3. The molecule has 0 fully saturated rings. The van der Waals surface area contributed by atoms with Crippen LogP contribution in [0.15, 0.2) is 35.2 Å². The molecule has 3 atom stereocenters. The van der Waals surface area contributed by atoms with Gasteiger partial charge in [0.25, 0.3) is 5.91 Å². The second-order valence-electron chi connectivity index (χ2n) is 8.57. The van der Waals surface area contributed by atoms with Crippen LogP contribution in [0.1, 0.15) is 63.7 Å². The number of esters is 1. The number of ether oxygens (including phenoxy) is 1. The van der Waals surface area contributed by atoms with Gasteiger partial charge in [0.2, 0.25) is 0 Å². The first-order valence-electron chi connectivity index (χ1n) is 11.6. The fourth-order valence-corrected chi connectivity index (χ4v) is 5.35. The number of anilines is 1. The third-order valence-corrected chi connectivity index (χ3v) is 7.39. The van der Waals surface area contributed by atoms with Crippen LogP contribution < -0.4 is 5.32 Å². The number of carbonyl (C=O) groups is 2. The number of benzene rings is 2. The van der Waals surface area contributed by atoms with Crippen molar-refractivity contribution in [2.45, 2.75) is 63.5 Å². The Kier molecular flexibility index (Phi) is 11.4. The van der Waals surface area contributed by atoms with Gasteiger partial charge in [-0.3, -0.25) is 9.59 Å². The van der Waals surface area contributed by atoms with E-state index in [0.717, 1.165) is 31.4 Å². The number of carbonyl (C=O) groups excluding carboxylic acids is 2. The predicted octanol–water partition coefficient (Wildman–Crippen LogP) is 7.89. The first-order valence-corrected chi connectivity index (χ1v) is 12.9. The monoisotopic (exact) mass is 529 g/mol. The highest BCUT2D eigenvalue weighted by Crippen LogP contribution is 2.38. The Bertz CT molecular complexity index is 1010. The average molecular weight is 530 g/mol. The van der Waals surface area contributed by atoms with Crippen molar-refractivity contribution >= 4 is 40.9 Å². The Labute approximate surface area is 214 Å². The maximum atomic E-state index is 13.5. The van der Waals surface area contributed by atoms with E-state index in [0.29, 0.717) is 28.9 Å². The van der Waals surface area contributed by atoms with Crippen molar-refractivity contribution in [1.29, 1.82) is 0 Å². The van der Waals surface area contributed by atoms with Crippen LogP contribution in [0.2, 0.25) is 5.02 Å². The zero-order chi connectivity index (χ0) is 26.1. The molecular formula is C26H31ClF3NO3S. The Balaban J connectivity index is 2.12. The summed E-state index contributed by atoms with van der Waals surface area (Å²) in [5.41, 5.74) is 0.0551. The quantitative estimate of drug-likeness (QED) is 0.172. The molecule has 0 aliphatic carbocycles. The van der Waals surface area contributed by atoms with Crippen LogP contribution in [0.3, 0.4) is 0 Å². The Morgan fingerprint density at radius 3 is 2.34 bits per heavy atom. The second kappa shape index (κ2) is 13.8. The lowest BCUT2D eigenvalue weighted by atomic mass is 9.88. The summed E-state index contributed by atoms with van der Waals surface area (Å²) in [7, 11) is 0. The highest BCUT2D eigenvalue weighted by molar-refractivity contribution is 8.00. The third kappa shape index (κ3) is 8.76. The summed E-state index contributed by atoms with van der Waals surface area (Å²) in [5.74, 6) is -4.69. The molecule has 0 saturated carbocycles. The Morgan fingerprint density at radius 2 is 1.74 bits per heavy atom. The molecule has 0 heterocycles. The minimum absolute atomic E-state index is 0.149. The van der Waals surface area contributed by atoms with Gasteiger partial charge >= 0.3 is 5.97 Å². The third-order valence-electron chi connectivity index (χ3n) is 5.60. The lowest BCUT2D eigenvalue weighted by Crippen LogP contribution is -2.19. The second-order valence-corrected chi connectivity index (χ2v) is 10.4. The zero-order valence-corrected chi connectivity index (χ0v) is 21.9. The summed E-state index contributed by atoms with van der Waals surface area (Å²) in [6, 6.07) is 6.16. The smallest absolute Gasteiger partial charge is 0.306 e. The summed E-state index contributed by atoms with van der Waals surface area (Å²) in [4.78, 5) is 25.2. The van der Waals surface area contributed by atoms with Crippen molar-refractivity contribution in [3.63, 3.8) is 0 Å². The molecule has 0 spiro atoms. The Hall–Kier alpha value is -2.19. The first kappa shape index (κ1) is 29.0. The normalized spacial score (nSPS) is 13.7. The molecule has 4 nitrogen and oxygen atoms in total. The molecule has 2 aromatic rings. The maximum absolute atomic E-state index is 13.5. The summed E-state index contributed by atoms with van der Waals surface area (Å²) in [6.07, 6.45) is 3.18. The summed E-state index contributed by atoms with van der Waals surface area (Å²) in [5, 5.41) is 3.01. The average Bonchev–Trinajstić information content (AvgIpc) is 2.78. The van der Waals surface area contributed by atoms with Crippen molar-refractivity contribution in [1.82, 2.24) is 0 Å². The number of hydrogen-bond acceptors (Lipinski definition) is 4. The molecule has 192 valence electrons. The molecule has 3 unspecified atom stereocenters. The summed E-state index contributed by atoms with van der Waals surface area (Å²) in [6.45, 7) is 8.39. The van der Waals surface area contributed by atoms with Gasteiger partial charge in [0.05, 0.1) is 11.6 Å². The molecule has 0 saturated heterocycles. The van der Waals surface area contributed by atoms with Crippen LogP contribution in [0.5, 0.6) is 0 Å². The Morgan fingerprint density at radius 1 is 1.09 bits per heavy atom. The van der Waals surface area contributed by atoms with Gasteiger partial charge in [0.1, 0.15) is 0 Å². The number of hydrogen-bond donors (Lipinski definition) is 1. The van der Waals surface area contributed by atoms with Gasteiger partial charge in [-0.05, 0) is 49.8 Å². The van der Waals surface area contributed by atoms with E-state index in [1.165, 1.54) is 17.8 Å². The predicted molar refractivity (Wildman–Crippen MR) is 134 cm³/mol. The van der Waals surface area contributed by atoms with Gasteiger partial charge < -0.3 is 10.1 Å². The van der Waals surface area contributed by atoms with E-state index in [4.69, 9.17) is 16.3 Å². The maximum Gasteiger partial charge on any atom is 0.306 e. The van der Waals surface area contributed by atoms with E-state index < -0.39 is 23.4 Å². The highest BCUT2D eigenvalue weighted by atomic mass is 35.5. The molecule has 0 radical (unpaired) electrons. The number of halogens is 4. The molecule has 1 N–H and O–H groups in total. The van der Waals surface area contributed by atoms with Crippen LogP contribution in [0.4, 0.5) is 18.9 Å². The molecule has 1 amide bonds. The molecule has 35 heavy (non-hydrogen) atoms. The molecule has 0 aromatic heterocycles. The largest absolute Gasteiger partial charge is 0.466 e. The number of nitrogens with one attached hydrogen (secondary N) is 1. The van der Waals surface area contributed by atoms with Gasteiger partial charge in [-0.25, -0.2) is 13.2 Å². The van der Waals surface area contributed by atoms with Crippen LogP contribution >= 0.6 is 23.4 Å². The van der Waals surface area contributed by atoms with Crippen LogP contribution in [-0.4, -0.2) is 23.7 Å². The number of amides is 1. The molecule has 2 rings (SSSR count). The molecular weight excluding hydrogens is 499 g/mol. The van der Waals surface area contributed by atoms with Gasteiger partial charge in [-0.2, -0.15) is 0 Å². The standard InChI is InChI=1S/C26H31ClF3NO3S/c1-5-7-17(10-15(3)11-24(32)34-6-2)16(4)35-23-12-18(8-9-20(23)27)26(33)31-19-13-21(28)25(30)22(29)14-19/h8-9,12-17H,5-7,10-11H2,1-4H3,(H,31,33). The molecule has 9 heteroatoms. The van der Waals surface area contributed by atoms with Gasteiger partial charge in [0.15, 0.2) is 17.5 Å². The minimum atomic E-state index is -1.60. The SMILES string of the molecule is CCCC(CC(C)CC(=O)OCC)C(C)Sc1cc(C(=O)Nc2cc(F)c(F)c(F)c2)ccc1Cl. The van der Waals surface area contributed by atoms with Crippen molar-refractivity contribution in [2.24, 2.45) is 11.8 Å².